The maximum Gasteiger partial charge on any atom is 0.206 e. The zero-order valence-electron chi connectivity index (χ0n) is 14.2. The Kier molecular flexibility index (Phi) is 6.07. The zero-order valence-corrected chi connectivity index (χ0v) is 16.6. The summed E-state index contributed by atoms with van der Waals surface area (Å²) in [6.07, 6.45) is 3.96. The van der Waals surface area contributed by atoms with Gasteiger partial charge in [0.2, 0.25) is 4.80 Å². The number of hydrogen-bond acceptors (Lipinski definition) is 5. The Balaban J connectivity index is 1.99. The second kappa shape index (κ2) is 8.47. The molecule has 0 aliphatic carbocycles. The second-order valence-electron chi connectivity index (χ2n) is 5.48. The first-order valence-electron chi connectivity index (χ1n) is 7.75. The van der Waals surface area contributed by atoms with Crippen LogP contribution in [0.2, 0.25) is 0 Å². The highest BCUT2D eigenvalue weighted by Crippen LogP contribution is 2.25. The summed E-state index contributed by atoms with van der Waals surface area (Å²) in [7, 11) is 0. The maximum atomic E-state index is 4.70. The summed E-state index contributed by atoms with van der Waals surface area (Å²) in [6.45, 7) is 6.53. The molecule has 3 nitrogen and oxygen atoms in total. The van der Waals surface area contributed by atoms with Gasteiger partial charge in [-0.2, -0.15) is 5.10 Å². The fourth-order valence-corrected chi connectivity index (χ4v) is 4.17. The van der Waals surface area contributed by atoms with Crippen LogP contribution in [0.25, 0.3) is 10.6 Å². The van der Waals surface area contributed by atoms with Crippen LogP contribution in [-0.4, -0.2) is 23.7 Å². The zero-order chi connectivity index (χ0) is 17.6. The van der Waals surface area contributed by atoms with Crippen molar-refractivity contribution in [1.29, 1.82) is 0 Å². The summed E-state index contributed by atoms with van der Waals surface area (Å²) in [6, 6.07) is 12.5. The van der Waals surface area contributed by atoms with Crippen LogP contribution in [0.15, 0.2) is 74.3 Å². The number of nitrogens with zero attached hydrogens (tertiary/aromatic N) is 3. The van der Waals surface area contributed by atoms with Crippen molar-refractivity contribution >= 4 is 40.7 Å². The van der Waals surface area contributed by atoms with E-state index in [1.807, 2.05) is 17.8 Å². The van der Waals surface area contributed by atoms with E-state index in [-0.39, 0.29) is 0 Å². The second-order valence-corrected chi connectivity index (χ2v) is 8.15. The lowest BCUT2D eigenvalue weighted by atomic mass is 10.2. The van der Waals surface area contributed by atoms with Crippen LogP contribution in [0.1, 0.15) is 12.5 Å². The van der Waals surface area contributed by atoms with Crippen molar-refractivity contribution in [3.63, 3.8) is 0 Å². The first kappa shape index (κ1) is 17.9. The molecule has 0 saturated heterocycles. The number of rotatable bonds is 6. The highest BCUT2D eigenvalue weighted by molar-refractivity contribution is 7.98. The van der Waals surface area contributed by atoms with E-state index in [0.717, 1.165) is 21.6 Å². The Bertz CT molecular complexity index is 929. The lowest BCUT2D eigenvalue weighted by Crippen LogP contribution is -2.12. The Morgan fingerprint density at radius 1 is 1.24 bits per heavy atom. The Morgan fingerprint density at radius 2 is 2.04 bits per heavy atom. The van der Waals surface area contributed by atoms with Crippen LogP contribution < -0.4 is 4.80 Å². The highest BCUT2D eigenvalue weighted by atomic mass is 32.2. The van der Waals surface area contributed by atoms with Crippen molar-refractivity contribution in [3.8, 4) is 10.6 Å². The number of hydrogen-bond donors (Lipinski definition) is 0. The molecular weight excluding hydrogens is 366 g/mol. The van der Waals surface area contributed by atoms with Gasteiger partial charge in [0.25, 0.3) is 0 Å². The van der Waals surface area contributed by atoms with Crippen molar-refractivity contribution < 1.29 is 0 Å². The highest BCUT2D eigenvalue weighted by Gasteiger charge is 2.08. The molecule has 0 aliphatic rings. The molecule has 0 atom stereocenters. The van der Waals surface area contributed by atoms with E-state index in [9.17, 15) is 0 Å². The van der Waals surface area contributed by atoms with Gasteiger partial charge in [-0.25, -0.2) is 4.68 Å². The van der Waals surface area contributed by atoms with Crippen molar-refractivity contribution in [2.75, 3.05) is 12.8 Å². The average Bonchev–Trinajstić information content (AvgIpc) is 3.27. The summed E-state index contributed by atoms with van der Waals surface area (Å²) in [4.78, 5) is 7.95. The minimum absolute atomic E-state index is 0.613. The molecule has 0 radical (unpaired) electrons. The van der Waals surface area contributed by atoms with Crippen LogP contribution in [-0.2, 0) is 0 Å². The molecule has 128 valence electrons. The van der Waals surface area contributed by atoms with Gasteiger partial charge in [-0.05, 0) is 42.3 Å². The van der Waals surface area contributed by atoms with Gasteiger partial charge >= 0.3 is 0 Å². The Labute approximate surface area is 160 Å². The number of thioether (sulfide) groups is 1. The van der Waals surface area contributed by atoms with Gasteiger partial charge in [-0.1, -0.05) is 30.4 Å². The smallest absolute Gasteiger partial charge is 0.206 e. The molecule has 0 bridgehead atoms. The molecule has 25 heavy (non-hydrogen) atoms. The topological polar surface area (TPSA) is 29.6 Å². The molecule has 1 aromatic carbocycles. The Hall–Kier alpha value is -1.89. The third-order valence-electron chi connectivity index (χ3n) is 3.38. The Morgan fingerprint density at radius 3 is 2.68 bits per heavy atom. The number of benzene rings is 1. The monoisotopic (exact) mass is 385 g/mol. The third kappa shape index (κ3) is 4.60. The summed E-state index contributed by atoms with van der Waals surface area (Å²) < 4.78 is 1.92. The van der Waals surface area contributed by atoms with Crippen LogP contribution in [0, 0.1) is 0 Å². The number of thiazole rings is 1. The molecule has 2 heterocycles. The molecule has 0 fully saturated rings. The molecular formula is C19H19N3S3. The summed E-state index contributed by atoms with van der Waals surface area (Å²) in [5.41, 5.74) is 3.17. The van der Waals surface area contributed by atoms with Crippen molar-refractivity contribution in [2.24, 2.45) is 10.1 Å². The SMILES string of the molecule is C=C(C)CN=c1scc(-c2cccs2)n1N=Cc1ccc(SC)cc1. The maximum absolute atomic E-state index is 4.70. The molecule has 0 amide bonds. The van der Waals surface area contributed by atoms with E-state index in [2.05, 4.69) is 65.0 Å². The minimum Gasteiger partial charge on any atom is -0.253 e. The van der Waals surface area contributed by atoms with Crippen LogP contribution in [0.3, 0.4) is 0 Å². The third-order valence-corrected chi connectivity index (χ3v) is 5.87. The fourth-order valence-electron chi connectivity index (χ4n) is 2.13. The molecule has 0 spiro atoms. The van der Waals surface area contributed by atoms with Gasteiger partial charge in [0.05, 0.1) is 23.3 Å². The first-order chi connectivity index (χ1) is 12.2. The summed E-state index contributed by atoms with van der Waals surface area (Å²) >= 11 is 5.04. The minimum atomic E-state index is 0.613. The first-order valence-corrected chi connectivity index (χ1v) is 10.7. The molecule has 0 saturated carbocycles. The molecule has 6 heteroatoms. The normalized spacial score (nSPS) is 12.2. The van der Waals surface area contributed by atoms with Crippen LogP contribution >= 0.6 is 34.4 Å². The molecule has 0 aliphatic heterocycles. The quantitative estimate of drug-likeness (QED) is 0.319. The lowest BCUT2D eigenvalue weighted by Gasteiger charge is -2.01. The molecule has 0 unspecified atom stereocenters. The lowest BCUT2D eigenvalue weighted by molar-refractivity contribution is 0.837. The van der Waals surface area contributed by atoms with Crippen molar-refractivity contribution in [1.82, 2.24) is 4.68 Å². The van der Waals surface area contributed by atoms with Gasteiger partial charge in [-0.3, -0.25) is 4.99 Å². The van der Waals surface area contributed by atoms with Crippen molar-refractivity contribution in [3.05, 3.63) is 69.7 Å². The largest absolute Gasteiger partial charge is 0.253 e. The molecule has 3 rings (SSSR count). The predicted octanol–water partition coefficient (Wildman–Crippen LogP) is 5.36. The molecule has 3 aromatic rings. The molecule has 2 aromatic heterocycles. The standard InChI is InChI=1S/C19H19N3S3/c1-14(2)11-20-19-22(17(13-25-19)18-5-4-10-24-18)21-12-15-6-8-16(23-3)9-7-15/h4-10,12-13H,1,11H2,2-3H3. The average molecular weight is 386 g/mol. The van der Waals surface area contributed by atoms with Gasteiger partial charge in [0, 0.05) is 10.3 Å². The van der Waals surface area contributed by atoms with Gasteiger partial charge in [0.15, 0.2) is 0 Å². The van der Waals surface area contributed by atoms with Gasteiger partial charge < -0.3 is 0 Å². The predicted molar refractivity (Wildman–Crippen MR) is 112 cm³/mol. The summed E-state index contributed by atoms with van der Waals surface area (Å²) in [5, 5.41) is 8.89. The fraction of sp³-hybridized carbons (Fsp3) is 0.158. The summed E-state index contributed by atoms with van der Waals surface area (Å²) in [5.74, 6) is 0. The van der Waals surface area contributed by atoms with Crippen LogP contribution in [0.4, 0.5) is 0 Å². The van der Waals surface area contributed by atoms with E-state index in [1.165, 1.54) is 9.77 Å². The van der Waals surface area contributed by atoms with Crippen molar-refractivity contribution in [2.45, 2.75) is 11.8 Å². The number of aromatic nitrogens is 1. The van der Waals surface area contributed by atoms with E-state index in [0.29, 0.717) is 6.54 Å². The van der Waals surface area contributed by atoms with Gasteiger partial charge in [0.1, 0.15) is 0 Å². The molecule has 0 N–H and O–H groups in total. The van der Waals surface area contributed by atoms with E-state index in [4.69, 9.17) is 5.10 Å². The number of thiophene rings is 1. The van der Waals surface area contributed by atoms with Crippen LogP contribution in [0.5, 0.6) is 0 Å². The van der Waals surface area contributed by atoms with Gasteiger partial charge in [-0.15, -0.1) is 34.4 Å². The van der Waals surface area contributed by atoms with E-state index in [1.54, 1.807) is 34.4 Å². The van der Waals surface area contributed by atoms with E-state index >= 15 is 0 Å². The van der Waals surface area contributed by atoms with E-state index < -0.39 is 0 Å².